The normalized spacial score (nSPS) is 12.9. The van der Waals surface area contributed by atoms with Crippen LogP contribution in [0, 0.1) is 0 Å². The molecule has 0 unspecified atom stereocenters. The lowest BCUT2D eigenvalue weighted by molar-refractivity contribution is 1.33. The Balaban J connectivity index is 2.38. The van der Waals surface area contributed by atoms with Gasteiger partial charge in [-0.05, 0) is 6.07 Å². The largest absolute Gasteiger partial charge is 0.378 e. The van der Waals surface area contributed by atoms with Gasteiger partial charge in [-0.25, -0.2) is 0 Å². The highest BCUT2D eigenvalue weighted by molar-refractivity contribution is 7.58. The maximum atomic E-state index is 6.08. The van der Waals surface area contributed by atoms with Crippen LogP contribution in [0.5, 0.6) is 0 Å². The van der Waals surface area contributed by atoms with E-state index >= 15 is 0 Å². The summed E-state index contributed by atoms with van der Waals surface area (Å²) < 4.78 is 8.27. The Morgan fingerprint density at radius 1 is 1.25 bits per heavy atom. The molecule has 0 bridgehead atoms. The molecule has 7 heteroatoms. The van der Waals surface area contributed by atoms with Gasteiger partial charge in [-0.3, -0.25) is 0 Å². The highest BCUT2D eigenvalue weighted by atomic mass is 35.5. The molecule has 0 fully saturated rings. The summed E-state index contributed by atoms with van der Waals surface area (Å²) in [5.41, 5.74) is 3.51. The summed E-state index contributed by atoms with van der Waals surface area (Å²) in [7, 11) is 0. The SMILES string of the molecule is Cl/C=C/CNc1c(Cl)cc(Cl)c2c1N=S=N2. The first-order chi connectivity index (χ1) is 7.74. The van der Waals surface area contributed by atoms with E-state index in [2.05, 4.69) is 14.0 Å². The number of hydrogen-bond acceptors (Lipinski definition) is 3. The van der Waals surface area contributed by atoms with Gasteiger partial charge >= 0.3 is 0 Å². The molecule has 0 amide bonds. The molecule has 0 aliphatic carbocycles. The Bertz CT molecular complexity index is 521. The molecule has 1 aliphatic heterocycles. The minimum Gasteiger partial charge on any atom is -0.378 e. The van der Waals surface area contributed by atoms with E-state index in [4.69, 9.17) is 34.8 Å². The fraction of sp³-hybridized carbons (Fsp3) is 0.111. The van der Waals surface area contributed by atoms with Gasteiger partial charge < -0.3 is 5.32 Å². The molecule has 1 aromatic rings. The number of hydrogen-bond donors (Lipinski definition) is 1. The number of rotatable bonds is 3. The smallest absolute Gasteiger partial charge is 0.130 e. The van der Waals surface area contributed by atoms with Crippen molar-refractivity contribution in [1.29, 1.82) is 0 Å². The number of fused-ring (bicyclic) bond motifs is 1. The van der Waals surface area contributed by atoms with Crippen molar-refractivity contribution in [3.8, 4) is 0 Å². The van der Waals surface area contributed by atoms with E-state index in [1.165, 1.54) is 5.54 Å². The average Bonchev–Trinajstić information content (AvgIpc) is 2.72. The van der Waals surface area contributed by atoms with Crippen molar-refractivity contribution in [3.63, 3.8) is 0 Å². The van der Waals surface area contributed by atoms with Gasteiger partial charge in [-0.15, -0.1) is 0 Å². The van der Waals surface area contributed by atoms with Crippen LogP contribution in [0.2, 0.25) is 10.0 Å². The van der Waals surface area contributed by atoms with Crippen molar-refractivity contribution < 1.29 is 0 Å². The summed E-state index contributed by atoms with van der Waals surface area (Å²) in [6.45, 7) is 0.567. The molecule has 1 heterocycles. The summed E-state index contributed by atoms with van der Waals surface area (Å²) in [5.74, 6) is 0. The molecular formula is C9H6Cl3N3S. The maximum Gasteiger partial charge on any atom is 0.130 e. The standard InChI is InChI=1S/C9H6Cl3N3S/c10-2-1-3-13-7-5(11)4-6(12)8-9(7)15-16-14-8/h1-2,4,13H,3H2/b2-1+. The number of anilines is 1. The molecule has 0 atom stereocenters. The zero-order chi connectivity index (χ0) is 11.5. The molecule has 1 aromatic carbocycles. The van der Waals surface area contributed by atoms with Gasteiger partial charge in [0.15, 0.2) is 0 Å². The molecule has 0 aromatic heterocycles. The third-order valence-electron chi connectivity index (χ3n) is 1.93. The number of nitrogens with zero attached hydrogens (tertiary/aromatic N) is 2. The fourth-order valence-electron chi connectivity index (χ4n) is 1.25. The number of halogens is 3. The third kappa shape index (κ3) is 2.25. The summed E-state index contributed by atoms with van der Waals surface area (Å²) in [5, 5.41) is 4.14. The zero-order valence-electron chi connectivity index (χ0n) is 7.88. The molecule has 0 saturated carbocycles. The van der Waals surface area contributed by atoms with Crippen LogP contribution in [-0.2, 0) is 11.4 Å². The first kappa shape index (κ1) is 11.9. The van der Waals surface area contributed by atoms with Crippen molar-refractivity contribution in [3.05, 3.63) is 27.7 Å². The predicted molar refractivity (Wildman–Crippen MR) is 71.5 cm³/mol. The molecule has 84 valence electrons. The lowest BCUT2D eigenvalue weighted by atomic mass is 10.2. The van der Waals surface area contributed by atoms with E-state index in [1.54, 1.807) is 12.1 Å². The quantitative estimate of drug-likeness (QED) is 0.860. The van der Waals surface area contributed by atoms with Crippen LogP contribution < -0.4 is 5.32 Å². The van der Waals surface area contributed by atoms with Crippen LogP contribution in [0.15, 0.2) is 26.4 Å². The lowest BCUT2D eigenvalue weighted by Gasteiger charge is -2.10. The first-order valence-electron chi connectivity index (χ1n) is 4.33. The molecule has 0 spiro atoms. The Kier molecular flexibility index (Phi) is 3.86. The van der Waals surface area contributed by atoms with Gasteiger partial charge in [0.25, 0.3) is 0 Å². The van der Waals surface area contributed by atoms with Crippen molar-refractivity contribution in [2.75, 3.05) is 11.9 Å². The molecule has 3 nitrogen and oxygen atoms in total. The van der Waals surface area contributed by atoms with Crippen LogP contribution in [-0.4, -0.2) is 6.54 Å². The van der Waals surface area contributed by atoms with Crippen LogP contribution in [0.25, 0.3) is 0 Å². The van der Waals surface area contributed by atoms with E-state index in [1.807, 2.05) is 0 Å². The Hall–Kier alpha value is -0.550. The van der Waals surface area contributed by atoms with E-state index in [9.17, 15) is 0 Å². The van der Waals surface area contributed by atoms with Gasteiger partial charge in [0.1, 0.15) is 11.4 Å². The molecule has 16 heavy (non-hydrogen) atoms. The Labute approximate surface area is 111 Å². The van der Waals surface area contributed by atoms with Gasteiger partial charge in [0, 0.05) is 12.1 Å². The lowest BCUT2D eigenvalue weighted by Crippen LogP contribution is -1.98. The third-order valence-corrected chi connectivity index (χ3v) is 3.22. The van der Waals surface area contributed by atoms with E-state index in [0.29, 0.717) is 28.0 Å². The number of nitrogens with one attached hydrogen (secondary N) is 1. The minimum absolute atomic E-state index is 0.507. The summed E-state index contributed by atoms with van der Waals surface area (Å²) >= 11 is 18.6. The zero-order valence-corrected chi connectivity index (χ0v) is 11.0. The maximum absolute atomic E-state index is 6.08. The van der Waals surface area contributed by atoms with Gasteiger partial charge in [0.05, 0.1) is 27.1 Å². The van der Waals surface area contributed by atoms with Gasteiger partial charge in [0.2, 0.25) is 0 Å². The molecule has 0 saturated heterocycles. The molecule has 0 radical (unpaired) electrons. The topological polar surface area (TPSA) is 36.8 Å². The average molecular weight is 295 g/mol. The predicted octanol–water partition coefficient (Wildman–Crippen LogP) is 4.88. The molecule has 1 aliphatic rings. The van der Waals surface area contributed by atoms with Gasteiger partial charge in [-0.1, -0.05) is 40.9 Å². The Morgan fingerprint density at radius 3 is 2.75 bits per heavy atom. The van der Waals surface area contributed by atoms with E-state index in [-0.39, 0.29) is 0 Å². The van der Waals surface area contributed by atoms with E-state index < -0.39 is 0 Å². The van der Waals surface area contributed by atoms with Crippen LogP contribution in [0.1, 0.15) is 0 Å². The first-order valence-corrected chi connectivity index (χ1v) is 6.25. The summed E-state index contributed by atoms with van der Waals surface area (Å²) in [6.07, 6.45) is 1.76. The van der Waals surface area contributed by atoms with E-state index in [0.717, 1.165) is 17.0 Å². The highest BCUT2D eigenvalue weighted by Crippen LogP contribution is 2.47. The summed E-state index contributed by atoms with van der Waals surface area (Å²) in [4.78, 5) is 0. The van der Waals surface area contributed by atoms with Crippen molar-refractivity contribution in [1.82, 2.24) is 0 Å². The molecule has 1 N–H and O–H groups in total. The minimum atomic E-state index is 0.507. The van der Waals surface area contributed by atoms with Crippen LogP contribution in [0.3, 0.4) is 0 Å². The van der Waals surface area contributed by atoms with Crippen molar-refractivity contribution in [2.45, 2.75) is 0 Å². The second kappa shape index (κ2) is 5.19. The van der Waals surface area contributed by atoms with Crippen LogP contribution >= 0.6 is 34.8 Å². The second-order valence-electron chi connectivity index (χ2n) is 2.92. The Morgan fingerprint density at radius 2 is 2.00 bits per heavy atom. The highest BCUT2D eigenvalue weighted by Gasteiger charge is 2.17. The monoisotopic (exact) mass is 293 g/mol. The van der Waals surface area contributed by atoms with Crippen LogP contribution in [0.4, 0.5) is 17.1 Å². The fourth-order valence-corrected chi connectivity index (χ4v) is 2.52. The molecular weight excluding hydrogens is 289 g/mol. The van der Waals surface area contributed by atoms with Gasteiger partial charge in [-0.2, -0.15) is 8.73 Å². The summed E-state index contributed by atoms with van der Waals surface area (Å²) in [6, 6.07) is 1.65. The van der Waals surface area contributed by atoms with Crippen molar-refractivity contribution >= 4 is 63.2 Å². The number of benzene rings is 1. The molecule has 2 rings (SSSR count). The second-order valence-corrected chi connectivity index (χ2v) is 4.51. The van der Waals surface area contributed by atoms with Crippen molar-refractivity contribution in [2.24, 2.45) is 8.73 Å².